The summed E-state index contributed by atoms with van der Waals surface area (Å²) in [7, 11) is 0. The molecular weight excluding hydrogens is 364 g/mol. The fraction of sp³-hybridized carbons (Fsp3) is 0.143. The molecule has 0 fully saturated rings. The van der Waals surface area contributed by atoms with Crippen molar-refractivity contribution in [2.24, 2.45) is 0 Å². The second-order valence-electron chi connectivity index (χ2n) is 8.11. The average Bonchev–Trinajstić information content (AvgIpc) is 3.19. The third-order valence-corrected chi connectivity index (χ3v) is 5.87. The molecule has 0 amide bonds. The Balaban J connectivity index is 1.57. The van der Waals surface area contributed by atoms with Gasteiger partial charge in [-0.15, -0.1) is 0 Å². The fourth-order valence-corrected chi connectivity index (χ4v) is 4.37. The summed E-state index contributed by atoms with van der Waals surface area (Å²) >= 11 is 0. The molecule has 0 aromatic heterocycles. The van der Waals surface area contributed by atoms with Crippen LogP contribution in [0.4, 0.5) is 22.7 Å². The molecule has 0 saturated heterocycles. The minimum absolute atomic E-state index is 0.492. The molecule has 148 valence electrons. The Morgan fingerprint density at radius 1 is 0.600 bits per heavy atom. The summed E-state index contributed by atoms with van der Waals surface area (Å²) < 4.78 is 0. The first-order valence-electron chi connectivity index (χ1n) is 10.6. The average molecular weight is 391 g/mol. The van der Waals surface area contributed by atoms with Crippen molar-refractivity contribution in [2.75, 3.05) is 16.5 Å². The molecule has 30 heavy (non-hydrogen) atoms. The Morgan fingerprint density at radius 3 is 1.93 bits per heavy atom. The fourth-order valence-electron chi connectivity index (χ4n) is 4.37. The summed E-state index contributed by atoms with van der Waals surface area (Å²) in [6.45, 7) is 5.33. The molecule has 4 aromatic rings. The van der Waals surface area contributed by atoms with Crippen LogP contribution in [0.2, 0.25) is 0 Å². The van der Waals surface area contributed by atoms with Crippen LogP contribution >= 0.6 is 0 Å². The van der Waals surface area contributed by atoms with Gasteiger partial charge in [0, 0.05) is 11.4 Å². The van der Waals surface area contributed by atoms with Gasteiger partial charge in [0.25, 0.3) is 0 Å². The Hall–Kier alpha value is -3.52. The lowest BCUT2D eigenvalue weighted by Crippen LogP contribution is -2.23. The van der Waals surface area contributed by atoms with E-state index in [2.05, 4.69) is 127 Å². The standard InChI is InChI=1S/C28H26N2/c1-21(2)25-15-6-7-16-26(25)22-11-10-14-24(19-22)30-20-29(23-12-4-3-5-13-23)27-17-8-9-18-28(27)30/h3-19,21H,20H2,1-2H3. The highest BCUT2D eigenvalue weighted by Crippen LogP contribution is 2.44. The highest BCUT2D eigenvalue weighted by molar-refractivity contribution is 5.87. The van der Waals surface area contributed by atoms with Crippen molar-refractivity contribution in [1.29, 1.82) is 0 Å². The first kappa shape index (κ1) is 18.5. The molecule has 0 spiro atoms. The van der Waals surface area contributed by atoms with Gasteiger partial charge >= 0.3 is 0 Å². The lowest BCUT2D eigenvalue weighted by atomic mass is 9.92. The van der Waals surface area contributed by atoms with Gasteiger partial charge in [0.05, 0.1) is 11.4 Å². The molecule has 0 radical (unpaired) electrons. The summed E-state index contributed by atoms with van der Waals surface area (Å²) in [6, 6.07) is 37.0. The number of hydrogen-bond donors (Lipinski definition) is 0. The van der Waals surface area contributed by atoms with Crippen LogP contribution in [-0.4, -0.2) is 6.67 Å². The predicted octanol–water partition coefficient (Wildman–Crippen LogP) is 7.72. The number of nitrogens with zero attached hydrogens (tertiary/aromatic N) is 2. The number of hydrogen-bond acceptors (Lipinski definition) is 2. The maximum atomic E-state index is 2.41. The molecule has 2 heteroatoms. The second-order valence-corrected chi connectivity index (χ2v) is 8.11. The summed E-state index contributed by atoms with van der Waals surface area (Å²) in [5, 5.41) is 0. The maximum Gasteiger partial charge on any atom is 0.100 e. The molecule has 0 bridgehead atoms. The van der Waals surface area contributed by atoms with Crippen molar-refractivity contribution in [1.82, 2.24) is 0 Å². The Labute approximate surface area is 179 Å². The molecular formula is C28H26N2. The van der Waals surface area contributed by atoms with Crippen molar-refractivity contribution < 1.29 is 0 Å². The number of para-hydroxylation sites is 3. The third kappa shape index (κ3) is 3.25. The molecule has 0 unspecified atom stereocenters. The first-order chi connectivity index (χ1) is 14.7. The van der Waals surface area contributed by atoms with Crippen LogP contribution < -0.4 is 9.80 Å². The second kappa shape index (κ2) is 7.72. The van der Waals surface area contributed by atoms with Gasteiger partial charge in [-0.25, -0.2) is 0 Å². The van der Waals surface area contributed by atoms with Crippen LogP contribution in [0.1, 0.15) is 25.3 Å². The largest absolute Gasteiger partial charge is 0.321 e. The predicted molar refractivity (Wildman–Crippen MR) is 128 cm³/mol. The highest BCUT2D eigenvalue weighted by Gasteiger charge is 2.27. The van der Waals surface area contributed by atoms with E-state index in [9.17, 15) is 0 Å². The zero-order valence-corrected chi connectivity index (χ0v) is 17.5. The van der Waals surface area contributed by atoms with Crippen LogP contribution in [0.15, 0.2) is 103 Å². The SMILES string of the molecule is CC(C)c1ccccc1-c1cccc(N2CN(c3ccccc3)c3ccccc32)c1. The molecule has 0 N–H and O–H groups in total. The highest BCUT2D eigenvalue weighted by atomic mass is 15.4. The van der Waals surface area contributed by atoms with Gasteiger partial charge in [-0.3, -0.25) is 0 Å². The van der Waals surface area contributed by atoms with Crippen LogP contribution in [0, 0.1) is 0 Å². The van der Waals surface area contributed by atoms with E-state index in [1.807, 2.05) is 0 Å². The van der Waals surface area contributed by atoms with E-state index >= 15 is 0 Å². The summed E-state index contributed by atoms with van der Waals surface area (Å²) in [5.41, 5.74) is 8.91. The molecule has 1 heterocycles. The lowest BCUT2D eigenvalue weighted by Gasteiger charge is -2.23. The van der Waals surface area contributed by atoms with E-state index < -0.39 is 0 Å². The van der Waals surface area contributed by atoms with Gasteiger partial charge in [-0.1, -0.05) is 80.6 Å². The quantitative estimate of drug-likeness (QED) is 0.352. The number of rotatable bonds is 4. The minimum Gasteiger partial charge on any atom is -0.321 e. The van der Waals surface area contributed by atoms with E-state index in [-0.39, 0.29) is 0 Å². The summed E-state index contributed by atoms with van der Waals surface area (Å²) in [4.78, 5) is 4.79. The number of anilines is 4. The molecule has 1 aliphatic heterocycles. The van der Waals surface area contributed by atoms with E-state index in [4.69, 9.17) is 0 Å². The van der Waals surface area contributed by atoms with Crippen LogP contribution in [0.3, 0.4) is 0 Å². The first-order valence-corrected chi connectivity index (χ1v) is 10.6. The zero-order valence-electron chi connectivity index (χ0n) is 17.5. The molecule has 1 aliphatic rings. The Bertz CT molecular complexity index is 1160. The van der Waals surface area contributed by atoms with E-state index in [0.29, 0.717) is 5.92 Å². The van der Waals surface area contributed by atoms with Gasteiger partial charge in [-0.05, 0) is 59.0 Å². The third-order valence-electron chi connectivity index (χ3n) is 5.87. The minimum atomic E-state index is 0.492. The summed E-state index contributed by atoms with van der Waals surface area (Å²) in [6.07, 6.45) is 0. The molecule has 0 saturated carbocycles. The van der Waals surface area contributed by atoms with Gasteiger partial charge in [0.15, 0.2) is 0 Å². The topological polar surface area (TPSA) is 6.48 Å². The van der Waals surface area contributed by atoms with Crippen molar-refractivity contribution in [3.05, 3.63) is 109 Å². The van der Waals surface area contributed by atoms with Crippen LogP contribution in [0.25, 0.3) is 11.1 Å². The normalized spacial score (nSPS) is 13.0. The summed E-state index contributed by atoms with van der Waals surface area (Å²) in [5.74, 6) is 0.492. The lowest BCUT2D eigenvalue weighted by molar-refractivity contribution is 0.869. The molecule has 0 atom stereocenters. The number of fused-ring (bicyclic) bond motifs is 1. The van der Waals surface area contributed by atoms with Gasteiger partial charge < -0.3 is 9.80 Å². The monoisotopic (exact) mass is 390 g/mol. The van der Waals surface area contributed by atoms with Gasteiger partial charge in [0.1, 0.15) is 6.67 Å². The smallest absolute Gasteiger partial charge is 0.100 e. The van der Waals surface area contributed by atoms with Crippen molar-refractivity contribution in [2.45, 2.75) is 19.8 Å². The van der Waals surface area contributed by atoms with E-state index in [1.165, 1.54) is 39.4 Å². The van der Waals surface area contributed by atoms with Crippen LogP contribution in [0.5, 0.6) is 0 Å². The Kier molecular flexibility index (Phi) is 4.76. The van der Waals surface area contributed by atoms with Crippen molar-refractivity contribution >= 4 is 22.7 Å². The van der Waals surface area contributed by atoms with Crippen molar-refractivity contribution in [3.8, 4) is 11.1 Å². The van der Waals surface area contributed by atoms with Crippen molar-refractivity contribution in [3.63, 3.8) is 0 Å². The molecule has 4 aromatic carbocycles. The van der Waals surface area contributed by atoms with E-state index in [0.717, 1.165) is 6.67 Å². The maximum absolute atomic E-state index is 2.41. The Morgan fingerprint density at radius 2 is 1.20 bits per heavy atom. The van der Waals surface area contributed by atoms with Gasteiger partial charge in [-0.2, -0.15) is 0 Å². The molecule has 0 aliphatic carbocycles. The van der Waals surface area contributed by atoms with E-state index in [1.54, 1.807) is 0 Å². The number of benzene rings is 4. The van der Waals surface area contributed by atoms with Crippen LogP contribution in [-0.2, 0) is 0 Å². The molecule has 2 nitrogen and oxygen atoms in total. The molecule has 5 rings (SSSR count). The zero-order chi connectivity index (χ0) is 20.5. The van der Waals surface area contributed by atoms with Gasteiger partial charge in [0.2, 0.25) is 0 Å².